The predicted octanol–water partition coefficient (Wildman–Crippen LogP) is 1.60. The number of hydrogen-bond donors (Lipinski definition) is 1. The van der Waals surface area contributed by atoms with Crippen LogP contribution in [-0.2, 0) is 0 Å². The summed E-state index contributed by atoms with van der Waals surface area (Å²) >= 11 is 0. The largest absolute Gasteiger partial charge is 0.399 e. The summed E-state index contributed by atoms with van der Waals surface area (Å²) in [4.78, 5) is 28.6. The number of benzene rings is 1. The van der Waals surface area contributed by atoms with E-state index in [9.17, 15) is 9.59 Å². The van der Waals surface area contributed by atoms with Gasteiger partial charge in [-0.1, -0.05) is 6.92 Å². The molecular weight excluding hydrogens is 266 g/mol. The van der Waals surface area contributed by atoms with Crippen LogP contribution in [0.5, 0.6) is 0 Å². The molecule has 5 nitrogen and oxygen atoms in total. The lowest BCUT2D eigenvalue weighted by atomic mass is 9.96. The van der Waals surface area contributed by atoms with Crippen LogP contribution in [0.1, 0.15) is 40.5 Å². The Hall–Kier alpha value is -1.88. The van der Waals surface area contributed by atoms with Crippen molar-refractivity contribution in [3.63, 3.8) is 0 Å². The summed E-state index contributed by atoms with van der Waals surface area (Å²) in [6, 6.07) is 4.94. The molecule has 5 heteroatoms. The molecule has 0 unspecified atom stereocenters. The second-order valence-corrected chi connectivity index (χ2v) is 5.90. The van der Waals surface area contributed by atoms with E-state index in [2.05, 4.69) is 11.8 Å². The van der Waals surface area contributed by atoms with Crippen LogP contribution >= 0.6 is 0 Å². The number of rotatable bonds is 3. The molecule has 21 heavy (non-hydrogen) atoms. The van der Waals surface area contributed by atoms with E-state index in [0.717, 1.165) is 32.5 Å². The minimum atomic E-state index is -0.194. The van der Waals surface area contributed by atoms with Gasteiger partial charge in [0.1, 0.15) is 0 Å². The average molecular weight is 287 g/mol. The van der Waals surface area contributed by atoms with Gasteiger partial charge < -0.3 is 10.6 Å². The molecule has 1 aromatic rings. The molecule has 0 spiro atoms. The van der Waals surface area contributed by atoms with E-state index in [0.29, 0.717) is 29.3 Å². The minimum Gasteiger partial charge on any atom is -0.399 e. The Morgan fingerprint density at radius 1 is 1.14 bits per heavy atom. The van der Waals surface area contributed by atoms with Crippen molar-refractivity contribution in [1.29, 1.82) is 0 Å². The van der Waals surface area contributed by atoms with Gasteiger partial charge in [-0.3, -0.25) is 14.5 Å². The molecule has 0 aliphatic carbocycles. The highest BCUT2D eigenvalue weighted by molar-refractivity contribution is 6.21. The van der Waals surface area contributed by atoms with Crippen molar-refractivity contribution in [1.82, 2.24) is 9.80 Å². The first kappa shape index (κ1) is 14.1. The summed E-state index contributed by atoms with van der Waals surface area (Å²) in [6.07, 6.45) is 2.09. The topological polar surface area (TPSA) is 66.6 Å². The summed E-state index contributed by atoms with van der Waals surface area (Å²) in [5, 5.41) is 0. The smallest absolute Gasteiger partial charge is 0.261 e. The maximum Gasteiger partial charge on any atom is 0.261 e. The number of piperidine rings is 1. The summed E-state index contributed by atoms with van der Waals surface area (Å²) in [7, 11) is 0. The monoisotopic (exact) mass is 287 g/mol. The van der Waals surface area contributed by atoms with Crippen LogP contribution in [0, 0.1) is 5.92 Å². The maximum absolute atomic E-state index is 12.4. The van der Waals surface area contributed by atoms with E-state index >= 15 is 0 Å². The number of carbonyl (C=O) groups is 2. The fourth-order valence-electron chi connectivity index (χ4n) is 3.22. The molecule has 2 heterocycles. The highest BCUT2D eigenvalue weighted by Crippen LogP contribution is 2.27. The fraction of sp³-hybridized carbons (Fsp3) is 0.500. The van der Waals surface area contributed by atoms with Crippen LogP contribution < -0.4 is 5.73 Å². The van der Waals surface area contributed by atoms with Crippen molar-refractivity contribution in [2.24, 2.45) is 5.92 Å². The Kier molecular flexibility index (Phi) is 3.68. The Balaban J connectivity index is 1.71. The molecule has 2 N–H and O–H groups in total. The number of imide groups is 1. The minimum absolute atomic E-state index is 0.173. The van der Waals surface area contributed by atoms with Gasteiger partial charge in [0, 0.05) is 12.2 Å². The number of carbonyl (C=O) groups excluding carboxylic acids is 2. The van der Waals surface area contributed by atoms with Gasteiger partial charge >= 0.3 is 0 Å². The molecule has 0 aromatic heterocycles. The van der Waals surface area contributed by atoms with Crippen LogP contribution in [0.4, 0.5) is 5.69 Å². The molecular formula is C16H21N3O2. The first-order valence-electron chi connectivity index (χ1n) is 7.58. The number of amides is 2. The van der Waals surface area contributed by atoms with Crippen molar-refractivity contribution < 1.29 is 9.59 Å². The molecule has 2 aliphatic heterocycles. The van der Waals surface area contributed by atoms with Gasteiger partial charge in [-0.25, -0.2) is 0 Å². The van der Waals surface area contributed by atoms with Crippen LogP contribution in [0.3, 0.4) is 0 Å². The van der Waals surface area contributed by atoms with Gasteiger partial charge in [-0.15, -0.1) is 0 Å². The zero-order valence-electron chi connectivity index (χ0n) is 12.3. The lowest BCUT2D eigenvalue weighted by Gasteiger charge is -2.32. The SMILES string of the molecule is CCN1CCC(CN2C(=O)c3ccc(N)cc3C2=O)CC1. The van der Waals surface area contributed by atoms with E-state index in [4.69, 9.17) is 5.73 Å². The fourth-order valence-corrected chi connectivity index (χ4v) is 3.22. The third-order valence-electron chi connectivity index (χ3n) is 4.59. The number of anilines is 1. The lowest BCUT2D eigenvalue weighted by Crippen LogP contribution is -2.40. The van der Waals surface area contributed by atoms with E-state index in [1.165, 1.54) is 4.90 Å². The van der Waals surface area contributed by atoms with E-state index < -0.39 is 0 Å². The molecule has 1 fully saturated rings. The van der Waals surface area contributed by atoms with Gasteiger partial charge in [-0.2, -0.15) is 0 Å². The van der Waals surface area contributed by atoms with E-state index in [1.807, 2.05) is 0 Å². The van der Waals surface area contributed by atoms with Crippen molar-refractivity contribution in [3.8, 4) is 0 Å². The van der Waals surface area contributed by atoms with Crippen molar-refractivity contribution in [3.05, 3.63) is 29.3 Å². The van der Waals surface area contributed by atoms with Gasteiger partial charge in [0.2, 0.25) is 0 Å². The average Bonchev–Trinajstić information content (AvgIpc) is 2.73. The molecule has 0 radical (unpaired) electrons. The molecule has 3 rings (SSSR count). The Morgan fingerprint density at radius 3 is 2.48 bits per heavy atom. The number of hydrogen-bond acceptors (Lipinski definition) is 4. The molecule has 1 aromatic carbocycles. The number of nitrogens with zero attached hydrogens (tertiary/aromatic N) is 2. The first-order valence-corrected chi connectivity index (χ1v) is 7.58. The second-order valence-electron chi connectivity index (χ2n) is 5.90. The summed E-state index contributed by atoms with van der Waals surface area (Å²) in [6.45, 7) is 5.87. The van der Waals surface area contributed by atoms with Crippen molar-refractivity contribution in [2.75, 3.05) is 31.9 Å². The molecule has 0 saturated carbocycles. The van der Waals surface area contributed by atoms with Crippen LogP contribution in [0.25, 0.3) is 0 Å². The molecule has 2 aliphatic rings. The number of likely N-dealkylation sites (tertiary alicyclic amines) is 1. The van der Waals surface area contributed by atoms with Crippen molar-refractivity contribution in [2.45, 2.75) is 19.8 Å². The Morgan fingerprint density at radius 2 is 1.81 bits per heavy atom. The molecule has 0 atom stereocenters. The first-order chi connectivity index (χ1) is 10.1. The summed E-state index contributed by atoms with van der Waals surface area (Å²) in [5.74, 6) is 0.0421. The third-order valence-corrected chi connectivity index (χ3v) is 4.59. The highest BCUT2D eigenvalue weighted by atomic mass is 16.2. The normalized spacial score (nSPS) is 20.1. The van der Waals surface area contributed by atoms with Gasteiger partial charge in [0.25, 0.3) is 11.8 Å². The van der Waals surface area contributed by atoms with E-state index in [1.54, 1.807) is 18.2 Å². The highest BCUT2D eigenvalue weighted by Gasteiger charge is 2.37. The van der Waals surface area contributed by atoms with Gasteiger partial charge in [0.15, 0.2) is 0 Å². The quantitative estimate of drug-likeness (QED) is 0.677. The third kappa shape index (κ3) is 2.53. The Bertz CT molecular complexity index is 577. The predicted molar refractivity (Wildman–Crippen MR) is 81.1 cm³/mol. The molecule has 2 amide bonds. The maximum atomic E-state index is 12.4. The van der Waals surface area contributed by atoms with Crippen molar-refractivity contribution >= 4 is 17.5 Å². The zero-order valence-corrected chi connectivity index (χ0v) is 12.3. The van der Waals surface area contributed by atoms with Gasteiger partial charge in [-0.05, 0) is 56.6 Å². The zero-order chi connectivity index (χ0) is 15.0. The van der Waals surface area contributed by atoms with Crippen LogP contribution in [0.15, 0.2) is 18.2 Å². The number of nitrogen functional groups attached to an aromatic ring is 1. The van der Waals surface area contributed by atoms with E-state index in [-0.39, 0.29) is 11.8 Å². The lowest BCUT2D eigenvalue weighted by molar-refractivity contribution is 0.0600. The standard InChI is InChI=1S/C16H21N3O2/c1-2-18-7-5-11(6-8-18)10-19-15(20)13-4-3-12(17)9-14(13)16(19)21/h3-4,9,11H,2,5-8,10,17H2,1H3. The summed E-state index contributed by atoms with van der Waals surface area (Å²) < 4.78 is 0. The molecule has 0 bridgehead atoms. The number of fused-ring (bicyclic) bond motifs is 1. The Labute approximate surface area is 124 Å². The number of nitrogens with two attached hydrogens (primary N) is 1. The van der Waals surface area contributed by atoms with Gasteiger partial charge in [0.05, 0.1) is 11.1 Å². The summed E-state index contributed by atoms with van der Waals surface area (Å²) in [5.41, 5.74) is 7.17. The molecule has 1 saturated heterocycles. The van der Waals surface area contributed by atoms with Crippen LogP contribution in [-0.4, -0.2) is 47.8 Å². The molecule has 112 valence electrons. The second kappa shape index (κ2) is 5.48. The van der Waals surface area contributed by atoms with Crippen LogP contribution in [0.2, 0.25) is 0 Å².